The summed E-state index contributed by atoms with van der Waals surface area (Å²) in [6.45, 7) is 1.96. The molecule has 0 aromatic carbocycles. The Morgan fingerprint density at radius 3 is 1.54 bits per heavy atom. The fourth-order valence-corrected chi connectivity index (χ4v) is 6.50. The maximum Gasteiger partial charge on any atom is 0.330 e. The quantitative estimate of drug-likeness (QED) is 0.146. The van der Waals surface area contributed by atoms with Crippen molar-refractivity contribution in [1.29, 1.82) is 0 Å². The van der Waals surface area contributed by atoms with E-state index in [4.69, 9.17) is 27.5 Å². The lowest BCUT2D eigenvalue weighted by Gasteiger charge is -2.18. The van der Waals surface area contributed by atoms with E-state index >= 15 is 0 Å². The van der Waals surface area contributed by atoms with Crippen LogP contribution in [0.2, 0.25) is 0 Å². The maximum atomic E-state index is 12.3. The lowest BCUT2D eigenvalue weighted by Crippen LogP contribution is -2.33. The van der Waals surface area contributed by atoms with Crippen molar-refractivity contribution in [2.75, 3.05) is 41.0 Å². The molecule has 3 atom stereocenters. The number of hydrogen-bond donors (Lipinski definition) is 0. The highest BCUT2D eigenvalue weighted by molar-refractivity contribution is 5.81. The summed E-state index contributed by atoms with van der Waals surface area (Å²) in [5.74, 6) is 2.68. The molecule has 6 heterocycles. The second-order valence-electron chi connectivity index (χ2n) is 12.3. The number of methoxy groups -OCH3 is 3. The van der Waals surface area contributed by atoms with Crippen molar-refractivity contribution in [2.45, 2.75) is 69.5 Å². The van der Waals surface area contributed by atoms with Gasteiger partial charge in [-0.1, -0.05) is 0 Å². The normalized spacial score (nSPS) is 21.0. The molecule has 0 bridgehead atoms. The molecule has 0 aliphatic carbocycles. The monoisotopic (exact) mass is 690 g/mol. The number of nitrogens with zero attached hydrogens (tertiary/aromatic N) is 6. The molecule has 0 radical (unpaired) electrons. The largest absolute Gasteiger partial charge is 0.467 e. The van der Waals surface area contributed by atoms with Crippen LogP contribution in [0.5, 0.6) is 0 Å². The molecule has 3 aromatic rings. The fraction of sp³-hybridized carbons (Fsp3) is 0.486. The first kappa shape index (κ1) is 34.5. The molecule has 3 saturated heterocycles. The summed E-state index contributed by atoms with van der Waals surface area (Å²) >= 11 is 0. The molecular weight excluding hydrogens is 648 g/mol. The molecule has 0 spiro atoms. The van der Waals surface area contributed by atoms with Crippen molar-refractivity contribution in [3.8, 4) is 0 Å². The van der Waals surface area contributed by atoms with Crippen LogP contribution in [0.25, 0.3) is 0 Å². The highest BCUT2D eigenvalue weighted by Gasteiger charge is 2.32. The Hall–Kier alpha value is -5.34. The number of rotatable bonds is 13. The van der Waals surface area contributed by atoms with Crippen molar-refractivity contribution >= 4 is 36.6 Å². The first-order valence-corrected chi connectivity index (χ1v) is 16.8. The number of esters is 3. The van der Waals surface area contributed by atoms with Gasteiger partial charge in [0.05, 0.1) is 46.4 Å². The lowest BCUT2D eigenvalue weighted by atomic mass is 10.1. The van der Waals surface area contributed by atoms with Gasteiger partial charge in [-0.25, -0.2) is 14.4 Å². The summed E-state index contributed by atoms with van der Waals surface area (Å²) in [6.07, 6.45) is 10.2. The van der Waals surface area contributed by atoms with Crippen molar-refractivity contribution in [3.05, 3.63) is 70.5 Å². The predicted molar refractivity (Wildman–Crippen MR) is 180 cm³/mol. The molecule has 3 aliphatic heterocycles. The topological polar surface area (TPSA) is 165 Å². The minimum absolute atomic E-state index is 0.298. The first-order valence-electron chi connectivity index (χ1n) is 16.8. The molecule has 0 saturated carbocycles. The van der Waals surface area contributed by atoms with Gasteiger partial charge in [0.25, 0.3) is 0 Å². The Morgan fingerprint density at radius 2 is 1.08 bits per heavy atom. The summed E-state index contributed by atoms with van der Waals surface area (Å²) < 4.78 is 33.2. The minimum atomic E-state index is -0.442. The predicted octanol–water partition coefficient (Wildman–Crippen LogP) is 3.56. The second kappa shape index (κ2) is 15.9. The van der Waals surface area contributed by atoms with E-state index in [0.717, 1.165) is 24.8 Å². The summed E-state index contributed by atoms with van der Waals surface area (Å²) in [7, 11) is 4.14. The molecular formula is C35H42N6O9. The maximum absolute atomic E-state index is 12.3. The minimum Gasteiger partial charge on any atom is -0.467 e. The number of furan rings is 3. The van der Waals surface area contributed by atoms with Crippen LogP contribution in [0.1, 0.15) is 78.6 Å². The molecule has 0 N–H and O–H groups in total. The fourth-order valence-electron chi connectivity index (χ4n) is 6.50. The molecule has 3 aliphatic rings. The zero-order valence-electron chi connectivity index (χ0n) is 28.5. The summed E-state index contributed by atoms with van der Waals surface area (Å²) in [5.41, 5.74) is 0.830. The van der Waals surface area contributed by atoms with Crippen LogP contribution in [0.4, 0.5) is 0 Å². The highest BCUT2D eigenvalue weighted by atomic mass is 16.5. The van der Waals surface area contributed by atoms with Crippen LogP contribution in [0, 0.1) is 0 Å². The van der Waals surface area contributed by atoms with Gasteiger partial charge in [0.15, 0.2) is 5.76 Å². The third-order valence-corrected chi connectivity index (χ3v) is 9.05. The SMILES string of the molecule is COC(=O)[C@@H]1CCCN1N=Cc1ccc(Cc2cc(Cc3ccc(C=NN4CCC[C@H]4C(=O)OC)o3)c(C=NN3CCC[C@H]3C(=O)OC)o2)o1. The Labute approximate surface area is 289 Å². The standard InChI is InChI=1S/C35H42N6O9/c1-45-33(42)29-7-4-14-39(29)36-20-26-12-10-24(48-26)17-23-18-28(50-32(23)22-38-41-16-6-9-31(41)35(44)47-3)19-25-11-13-27(49-25)21-37-40-15-5-8-30(40)34(43)46-2/h10-13,18,20-22,29-31H,4-9,14-17,19H2,1-3H3/t29-,30-,31-/m0/s1. The van der Waals surface area contributed by atoms with Crippen LogP contribution in [-0.4, -0.2) is 111 Å². The van der Waals surface area contributed by atoms with E-state index in [0.29, 0.717) is 86.3 Å². The van der Waals surface area contributed by atoms with Crippen LogP contribution in [0.3, 0.4) is 0 Å². The number of ether oxygens (including phenoxy) is 3. The van der Waals surface area contributed by atoms with E-state index < -0.39 is 18.1 Å². The molecule has 3 aromatic heterocycles. The lowest BCUT2D eigenvalue weighted by molar-refractivity contribution is -0.146. The zero-order valence-corrected chi connectivity index (χ0v) is 28.5. The summed E-state index contributed by atoms with van der Waals surface area (Å²) in [4.78, 5) is 36.4. The third-order valence-electron chi connectivity index (χ3n) is 9.05. The summed E-state index contributed by atoms with van der Waals surface area (Å²) in [5, 5.41) is 18.7. The van der Waals surface area contributed by atoms with Crippen molar-refractivity contribution in [2.24, 2.45) is 15.3 Å². The van der Waals surface area contributed by atoms with Gasteiger partial charge in [0.2, 0.25) is 0 Å². The molecule has 6 rings (SSSR count). The van der Waals surface area contributed by atoms with E-state index in [2.05, 4.69) is 15.3 Å². The van der Waals surface area contributed by atoms with E-state index in [1.807, 2.05) is 30.3 Å². The van der Waals surface area contributed by atoms with Crippen LogP contribution < -0.4 is 0 Å². The molecule has 0 amide bonds. The average molecular weight is 691 g/mol. The van der Waals surface area contributed by atoms with E-state index in [9.17, 15) is 14.4 Å². The van der Waals surface area contributed by atoms with Crippen molar-refractivity contribution in [1.82, 2.24) is 15.0 Å². The number of carbonyl (C=O) groups excluding carboxylic acids is 3. The molecule has 3 fully saturated rings. The number of carbonyl (C=O) groups is 3. The molecule has 0 unspecified atom stereocenters. The van der Waals surface area contributed by atoms with Gasteiger partial charge in [-0.2, -0.15) is 15.3 Å². The van der Waals surface area contributed by atoms with Crippen molar-refractivity contribution in [3.63, 3.8) is 0 Å². The number of hydrogen-bond acceptors (Lipinski definition) is 15. The van der Waals surface area contributed by atoms with E-state index in [1.165, 1.54) is 21.3 Å². The summed E-state index contributed by atoms with van der Waals surface area (Å²) in [6, 6.07) is 8.07. The second-order valence-corrected chi connectivity index (χ2v) is 12.3. The van der Waals surface area contributed by atoms with Crippen LogP contribution >= 0.6 is 0 Å². The van der Waals surface area contributed by atoms with Gasteiger partial charge in [-0.05, 0) is 68.9 Å². The third kappa shape index (κ3) is 8.09. The van der Waals surface area contributed by atoms with Gasteiger partial charge in [-0.3, -0.25) is 15.0 Å². The Kier molecular flexibility index (Phi) is 11.0. The average Bonchev–Trinajstić information content (AvgIpc) is 3.98. The van der Waals surface area contributed by atoms with Crippen molar-refractivity contribution < 1.29 is 41.8 Å². The number of hydrazone groups is 3. The van der Waals surface area contributed by atoms with Gasteiger partial charge in [0, 0.05) is 31.6 Å². The van der Waals surface area contributed by atoms with Gasteiger partial charge < -0.3 is 27.5 Å². The highest BCUT2D eigenvalue weighted by Crippen LogP contribution is 2.25. The molecule has 15 heteroatoms. The Balaban J connectivity index is 1.17. The Bertz CT molecular complexity index is 1740. The van der Waals surface area contributed by atoms with Gasteiger partial charge in [-0.15, -0.1) is 0 Å². The van der Waals surface area contributed by atoms with E-state index in [1.54, 1.807) is 33.7 Å². The molecule has 50 heavy (non-hydrogen) atoms. The first-order chi connectivity index (χ1) is 24.3. The van der Waals surface area contributed by atoms with Gasteiger partial charge in [0.1, 0.15) is 46.9 Å². The molecule has 266 valence electrons. The Morgan fingerprint density at radius 1 is 0.640 bits per heavy atom. The zero-order chi connectivity index (χ0) is 35.0. The van der Waals surface area contributed by atoms with Crippen LogP contribution in [0.15, 0.2) is 58.9 Å². The molecule has 15 nitrogen and oxygen atoms in total. The van der Waals surface area contributed by atoms with Crippen LogP contribution in [-0.2, 0) is 41.4 Å². The van der Waals surface area contributed by atoms with E-state index in [-0.39, 0.29) is 17.9 Å². The van der Waals surface area contributed by atoms with Gasteiger partial charge >= 0.3 is 17.9 Å². The smallest absolute Gasteiger partial charge is 0.330 e.